The Balaban J connectivity index is 1.71. The summed E-state index contributed by atoms with van der Waals surface area (Å²) in [5, 5.41) is 2.02. The molecule has 0 radical (unpaired) electrons. The highest BCUT2D eigenvalue weighted by molar-refractivity contribution is 7.19. The first kappa shape index (κ1) is 13.9. The Morgan fingerprint density at radius 2 is 2.05 bits per heavy atom. The average molecular weight is 309 g/mol. The summed E-state index contributed by atoms with van der Waals surface area (Å²) < 4.78 is 1.24. The van der Waals surface area contributed by atoms with Crippen LogP contribution in [0.1, 0.15) is 17.7 Å². The van der Waals surface area contributed by atoms with Crippen molar-refractivity contribution in [2.24, 2.45) is 11.7 Å². The molecule has 2 heterocycles. The van der Waals surface area contributed by atoms with Crippen LogP contribution in [0.25, 0.3) is 10.1 Å². The Hall–Kier alpha value is -1.10. The van der Waals surface area contributed by atoms with Gasteiger partial charge in [0.05, 0.1) is 5.02 Å². The van der Waals surface area contributed by atoms with E-state index in [0.29, 0.717) is 0 Å². The van der Waals surface area contributed by atoms with E-state index in [4.69, 9.17) is 17.3 Å². The number of carbonyl (C=O) groups is 1. The molecule has 2 aromatic rings. The van der Waals surface area contributed by atoms with Crippen LogP contribution < -0.4 is 5.73 Å². The van der Waals surface area contributed by atoms with Gasteiger partial charge in [-0.1, -0.05) is 29.8 Å². The minimum atomic E-state index is -0.162. The van der Waals surface area contributed by atoms with Gasteiger partial charge in [-0.25, -0.2) is 0 Å². The van der Waals surface area contributed by atoms with Gasteiger partial charge in [-0.2, -0.15) is 0 Å². The van der Waals surface area contributed by atoms with Crippen molar-refractivity contribution in [2.75, 3.05) is 13.1 Å². The zero-order valence-corrected chi connectivity index (χ0v) is 12.7. The number of amides is 1. The highest BCUT2D eigenvalue weighted by Gasteiger charge is 2.24. The molecule has 0 atom stereocenters. The number of piperidine rings is 1. The third kappa shape index (κ3) is 2.68. The van der Waals surface area contributed by atoms with E-state index in [0.717, 1.165) is 42.9 Å². The fourth-order valence-corrected chi connectivity index (χ4v) is 4.28. The summed E-state index contributed by atoms with van der Waals surface area (Å²) in [4.78, 5) is 14.7. The minimum absolute atomic E-state index is 0.0455. The van der Waals surface area contributed by atoms with Crippen molar-refractivity contribution < 1.29 is 4.79 Å². The van der Waals surface area contributed by atoms with Crippen LogP contribution in [0.15, 0.2) is 24.3 Å². The number of nitrogens with zero attached hydrogens (tertiary/aromatic N) is 1. The third-order valence-corrected chi connectivity index (χ3v) is 5.66. The molecule has 20 heavy (non-hydrogen) atoms. The van der Waals surface area contributed by atoms with Crippen LogP contribution in [-0.4, -0.2) is 23.9 Å². The summed E-state index contributed by atoms with van der Waals surface area (Å²) in [7, 11) is 0. The molecule has 0 bridgehead atoms. The molecule has 3 rings (SSSR count). The van der Waals surface area contributed by atoms with Crippen LogP contribution in [0.2, 0.25) is 5.02 Å². The van der Waals surface area contributed by atoms with Gasteiger partial charge in [-0.15, -0.1) is 11.3 Å². The summed E-state index contributed by atoms with van der Waals surface area (Å²) >= 11 is 8.22. The second kappa shape index (κ2) is 5.72. The van der Waals surface area contributed by atoms with E-state index in [-0.39, 0.29) is 11.8 Å². The zero-order chi connectivity index (χ0) is 14.1. The van der Waals surface area contributed by atoms with Crippen molar-refractivity contribution in [3.8, 4) is 0 Å². The number of rotatable bonds is 3. The molecule has 1 fully saturated rings. The second-order valence-corrected chi connectivity index (χ2v) is 6.80. The number of primary amides is 1. The number of carbonyl (C=O) groups excluding carboxylic acids is 1. The van der Waals surface area contributed by atoms with Gasteiger partial charge in [0.15, 0.2) is 0 Å². The van der Waals surface area contributed by atoms with Crippen LogP contribution >= 0.6 is 22.9 Å². The lowest BCUT2D eigenvalue weighted by atomic mass is 9.96. The number of benzene rings is 1. The maximum Gasteiger partial charge on any atom is 0.220 e. The molecule has 3 nitrogen and oxygen atoms in total. The van der Waals surface area contributed by atoms with Crippen molar-refractivity contribution in [1.82, 2.24) is 4.90 Å². The van der Waals surface area contributed by atoms with Crippen LogP contribution in [0.3, 0.4) is 0 Å². The maximum absolute atomic E-state index is 11.2. The Labute approximate surface area is 127 Å². The van der Waals surface area contributed by atoms with E-state index in [1.807, 2.05) is 12.1 Å². The number of nitrogens with two attached hydrogens (primary N) is 1. The van der Waals surface area contributed by atoms with Crippen LogP contribution in [-0.2, 0) is 11.3 Å². The summed E-state index contributed by atoms with van der Waals surface area (Å²) in [6.45, 7) is 2.69. The van der Waals surface area contributed by atoms with E-state index in [9.17, 15) is 4.79 Å². The van der Waals surface area contributed by atoms with Crippen LogP contribution in [0.5, 0.6) is 0 Å². The number of fused-ring (bicyclic) bond motifs is 1. The molecule has 0 aliphatic carbocycles. The number of likely N-dealkylation sites (tertiary alicyclic amines) is 1. The van der Waals surface area contributed by atoms with Gasteiger partial charge in [0.2, 0.25) is 5.91 Å². The highest BCUT2D eigenvalue weighted by Crippen LogP contribution is 2.36. The molecule has 1 amide bonds. The molecule has 1 aliphatic heterocycles. The molecule has 1 aromatic heterocycles. The van der Waals surface area contributed by atoms with Crippen molar-refractivity contribution in [3.05, 3.63) is 34.2 Å². The Bertz CT molecular complexity index is 632. The molecule has 5 heteroatoms. The van der Waals surface area contributed by atoms with Crippen molar-refractivity contribution in [1.29, 1.82) is 0 Å². The average Bonchev–Trinajstić information content (AvgIpc) is 2.77. The summed E-state index contributed by atoms with van der Waals surface area (Å²) in [6.07, 6.45) is 1.72. The lowest BCUT2D eigenvalue weighted by molar-refractivity contribution is -0.123. The lowest BCUT2D eigenvalue weighted by Crippen LogP contribution is -2.38. The Morgan fingerprint density at radius 3 is 2.70 bits per heavy atom. The van der Waals surface area contributed by atoms with Gasteiger partial charge in [0.25, 0.3) is 0 Å². The zero-order valence-electron chi connectivity index (χ0n) is 11.1. The molecule has 106 valence electrons. The van der Waals surface area contributed by atoms with E-state index < -0.39 is 0 Å². The van der Waals surface area contributed by atoms with Gasteiger partial charge in [-0.05, 0) is 32.0 Å². The van der Waals surface area contributed by atoms with Crippen molar-refractivity contribution in [2.45, 2.75) is 19.4 Å². The van der Waals surface area contributed by atoms with Gasteiger partial charge in [-0.3, -0.25) is 9.69 Å². The number of halogens is 1. The molecule has 1 aliphatic rings. The van der Waals surface area contributed by atoms with E-state index >= 15 is 0 Å². The van der Waals surface area contributed by atoms with Gasteiger partial charge in [0, 0.05) is 27.4 Å². The molecule has 1 aromatic carbocycles. The smallest absolute Gasteiger partial charge is 0.220 e. The molecule has 1 saturated heterocycles. The monoisotopic (exact) mass is 308 g/mol. The number of thiophene rings is 1. The van der Waals surface area contributed by atoms with Gasteiger partial charge >= 0.3 is 0 Å². The number of hydrogen-bond acceptors (Lipinski definition) is 3. The molecular formula is C15H17ClN2OS. The van der Waals surface area contributed by atoms with E-state index in [1.54, 1.807) is 11.3 Å². The molecule has 0 unspecified atom stereocenters. The standard InChI is InChI=1S/C15H17ClN2OS/c16-14-11-3-1-2-4-12(11)20-13(14)9-18-7-5-10(6-8-18)15(17)19/h1-4,10H,5-9H2,(H2,17,19). The molecular weight excluding hydrogens is 292 g/mol. The number of hydrogen-bond donors (Lipinski definition) is 1. The first-order chi connectivity index (χ1) is 9.65. The molecule has 0 saturated carbocycles. The minimum Gasteiger partial charge on any atom is -0.369 e. The highest BCUT2D eigenvalue weighted by atomic mass is 35.5. The largest absolute Gasteiger partial charge is 0.369 e. The molecule has 0 spiro atoms. The Kier molecular flexibility index (Phi) is 3.96. The summed E-state index contributed by atoms with van der Waals surface area (Å²) in [5.41, 5.74) is 5.36. The fourth-order valence-electron chi connectivity index (χ4n) is 2.75. The third-order valence-electron chi connectivity index (χ3n) is 3.96. The summed E-state index contributed by atoms with van der Waals surface area (Å²) in [6, 6.07) is 8.23. The lowest BCUT2D eigenvalue weighted by Gasteiger charge is -2.30. The van der Waals surface area contributed by atoms with Gasteiger partial charge in [0.1, 0.15) is 0 Å². The SMILES string of the molecule is NC(=O)C1CCN(Cc2sc3ccccc3c2Cl)CC1. The van der Waals surface area contributed by atoms with Gasteiger partial charge < -0.3 is 5.73 Å². The van der Waals surface area contributed by atoms with Crippen molar-refractivity contribution >= 4 is 38.9 Å². The molecule has 2 N–H and O–H groups in total. The predicted molar refractivity (Wildman–Crippen MR) is 84.0 cm³/mol. The van der Waals surface area contributed by atoms with Crippen molar-refractivity contribution in [3.63, 3.8) is 0 Å². The maximum atomic E-state index is 11.2. The summed E-state index contributed by atoms with van der Waals surface area (Å²) in [5.74, 6) is -0.117. The quantitative estimate of drug-likeness (QED) is 0.946. The fraction of sp³-hybridized carbons (Fsp3) is 0.400. The Morgan fingerprint density at radius 1 is 1.35 bits per heavy atom. The normalized spacial score (nSPS) is 17.6. The van der Waals surface area contributed by atoms with E-state index in [1.165, 1.54) is 9.58 Å². The van der Waals surface area contributed by atoms with Crippen LogP contribution in [0, 0.1) is 5.92 Å². The topological polar surface area (TPSA) is 46.3 Å². The predicted octanol–water partition coefficient (Wildman–Crippen LogP) is 3.25. The van der Waals surface area contributed by atoms with E-state index in [2.05, 4.69) is 17.0 Å². The first-order valence-corrected chi connectivity index (χ1v) is 8.02. The second-order valence-electron chi connectivity index (χ2n) is 5.29. The first-order valence-electron chi connectivity index (χ1n) is 6.82. The van der Waals surface area contributed by atoms with Crippen LogP contribution in [0.4, 0.5) is 0 Å².